The fraction of sp³-hybridized carbons (Fsp3) is 0.312. The molecule has 0 bridgehead atoms. The zero-order valence-electron chi connectivity index (χ0n) is 12.1. The van der Waals surface area contributed by atoms with Crippen LogP contribution < -0.4 is 10.1 Å². The minimum absolute atomic E-state index is 0.232. The van der Waals surface area contributed by atoms with Gasteiger partial charge in [0.05, 0.1) is 4.47 Å². The molecule has 0 fully saturated rings. The lowest BCUT2D eigenvalue weighted by Crippen LogP contribution is -2.19. The second-order valence-electron chi connectivity index (χ2n) is 4.78. The van der Waals surface area contributed by atoms with Gasteiger partial charge in [-0.05, 0) is 65.6 Å². The average molecular weight is 353 g/mol. The molecule has 2 rings (SSSR count). The Bertz CT molecular complexity index is 607. The van der Waals surface area contributed by atoms with Crippen molar-refractivity contribution in [1.82, 2.24) is 10.3 Å². The van der Waals surface area contributed by atoms with Gasteiger partial charge in [0.15, 0.2) is 0 Å². The monoisotopic (exact) mass is 352 g/mol. The Morgan fingerprint density at radius 1 is 1.33 bits per heavy atom. The fourth-order valence-corrected chi connectivity index (χ4v) is 2.25. The first-order valence-electron chi connectivity index (χ1n) is 6.92. The van der Waals surface area contributed by atoms with Gasteiger partial charge in [-0.15, -0.1) is 0 Å². The van der Waals surface area contributed by atoms with Gasteiger partial charge in [0.1, 0.15) is 11.6 Å². The number of pyridine rings is 1. The summed E-state index contributed by atoms with van der Waals surface area (Å²) < 4.78 is 19.2. The number of rotatable bonds is 6. The zero-order chi connectivity index (χ0) is 15.2. The molecule has 0 saturated carbocycles. The van der Waals surface area contributed by atoms with E-state index in [4.69, 9.17) is 4.74 Å². The van der Waals surface area contributed by atoms with Gasteiger partial charge < -0.3 is 10.1 Å². The Hall–Kier alpha value is -1.46. The molecule has 0 saturated heterocycles. The number of nitrogens with one attached hydrogen (secondary N) is 1. The third-order valence-corrected chi connectivity index (χ3v) is 3.68. The van der Waals surface area contributed by atoms with Crippen LogP contribution in [-0.4, -0.2) is 11.5 Å². The summed E-state index contributed by atoms with van der Waals surface area (Å²) in [6.45, 7) is 5.20. The van der Waals surface area contributed by atoms with Crippen LogP contribution in [-0.2, 0) is 0 Å². The van der Waals surface area contributed by atoms with Crippen molar-refractivity contribution in [3.05, 3.63) is 52.4 Å². The predicted octanol–water partition coefficient (Wildman–Crippen LogP) is 4.84. The van der Waals surface area contributed by atoms with Gasteiger partial charge in [0, 0.05) is 18.3 Å². The van der Waals surface area contributed by atoms with E-state index in [1.54, 1.807) is 18.3 Å². The number of hydrogen-bond acceptors (Lipinski definition) is 3. The van der Waals surface area contributed by atoms with E-state index in [1.165, 1.54) is 6.07 Å². The van der Waals surface area contributed by atoms with Gasteiger partial charge in [-0.25, -0.2) is 9.37 Å². The summed E-state index contributed by atoms with van der Waals surface area (Å²) in [6, 6.07) is 8.60. The molecule has 3 nitrogen and oxygen atoms in total. The van der Waals surface area contributed by atoms with E-state index in [0.29, 0.717) is 16.1 Å². The molecule has 1 aromatic carbocycles. The molecule has 0 spiro atoms. The van der Waals surface area contributed by atoms with E-state index in [-0.39, 0.29) is 11.9 Å². The molecule has 21 heavy (non-hydrogen) atoms. The molecule has 1 unspecified atom stereocenters. The van der Waals surface area contributed by atoms with Crippen molar-refractivity contribution in [2.24, 2.45) is 0 Å². The Balaban J connectivity index is 2.11. The van der Waals surface area contributed by atoms with Gasteiger partial charge in [-0.1, -0.05) is 6.92 Å². The molecule has 1 atom stereocenters. The molecule has 112 valence electrons. The second kappa shape index (κ2) is 7.52. The van der Waals surface area contributed by atoms with E-state index >= 15 is 0 Å². The maximum absolute atomic E-state index is 13.2. The van der Waals surface area contributed by atoms with Crippen LogP contribution in [0.4, 0.5) is 4.39 Å². The molecule has 0 aliphatic rings. The quantitative estimate of drug-likeness (QED) is 0.807. The maximum Gasteiger partial charge on any atom is 0.219 e. The maximum atomic E-state index is 13.2. The number of benzene rings is 1. The SMILES string of the molecule is CCCNC(C)c1ccnc(Oc2ccc(F)c(Br)c2)c1. The highest BCUT2D eigenvalue weighted by atomic mass is 79.9. The normalized spacial score (nSPS) is 12.2. The van der Waals surface area contributed by atoms with Crippen LogP contribution in [0, 0.1) is 5.82 Å². The van der Waals surface area contributed by atoms with Crippen molar-refractivity contribution >= 4 is 15.9 Å². The third kappa shape index (κ3) is 4.51. The molecule has 2 aromatic rings. The summed E-state index contributed by atoms with van der Waals surface area (Å²) in [5.41, 5.74) is 1.11. The summed E-state index contributed by atoms with van der Waals surface area (Å²) in [7, 11) is 0. The lowest BCUT2D eigenvalue weighted by molar-refractivity contribution is 0.457. The van der Waals surface area contributed by atoms with Gasteiger partial charge in [-0.3, -0.25) is 0 Å². The summed E-state index contributed by atoms with van der Waals surface area (Å²) in [5.74, 6) is 0.722. The number of halogens is 2. The Kier molecular flexibility index (Phi) is 5.70. The van der Waals surface area contributed by atoms with E-state index in [0.717, 1.165) is 18.5 Å². The molecule has 0 aliphatic heterocycles. The first-order chi connectivity index (χ1) is 10.1. The van der Waals surface area contributed by atoms with Crippen molar-refractivity contribution < 1.29 is 9.13 Å². The highest BCUT2D eigenvalue weighted by Crippen LogP contribution is 2.26. The number of hydrogen-bond donors (Lipinski definition) is 1. The summed E-state index contributed by atoms with van der Waals surface area (Å²) in [6.07, 6.45) is 2.80. The van der Waals surface area contributed by atoms with Crippen LogP contribution in [0.2, 0.25) is 0 Å². The van der Waals surface area contributed by atoms with Crippen LogP contribution in [0.5, 0.6) is 11.6 Å². The molecule has 0 radical (unpaired) electrons. The van der Waals surface area contributed by atoms with E-state index in [1.807, 2.05) is 12.1 Å². The van der Waals surface area contributed by atoms with Gasteiger partial charge >= 0.3 is 0 Å². The van der Waals surface area contributed by atoms with Crippen molar-refractivity contribution in [2.45, 2.75) is 26.3 Å². The zero-order valence-corrected chi connectivity index (χ0v) is 13.7. The van der Waals surface area contributed by atoms with Crippen LogP contribution in [0.1, 0.15) is 31.9 Å². The minimum atomic E-state index is -0.318. The topological polar surface area (TPSA) is 34.2 Å². The number of nitrogens with zero attached hydrogens (tertiary/aromatic N) is 1. The molecule has 1 aromatic heterocycles. The van der Waals surface area contributed by atoms with Gasteiger partial charge in [-0.2, -0.15) is 0 Å². The molecule has 1 N–H and O–H groups in total. The molecule has 5 heteroatoms. The number of aromatic nitrogens is 1. The molecule has 1 heterocycles. The molecular weight excluding hydrogens is 335 g/mol. The van der Waals surface area contributed by atoms with E-state index < -0.39 is 0 Å². The smallest absolute Gasteiger partial charge is 0.219 e. The number of ether oxygens (including phenoxy) is 1. The highest BCUT2D eigenvalue weighted by Gasteiger charge is 2.08. The summed E-state index contributed by atoms with van der Waals surface area (Å²) in [4.78, 5) is 4.19. The Morgan fingerprint density at radius 2 is 2.14 bits per heavy atom. The largest absolute Gasteiger partial charge is 0.439 e. The fourth-order valence-electron chi connectivity index (χ4n) is 1.89. The minimum Gasteiger partial charge on any atom is -0.439 e. The second-order valence-corrected chi connectivity index (χ2v) is 5.64. The molecule has 0 aliphatic carbocycles. The Morgan fingerprint density at radius 3 is 2.86 bits per heavy atom. The lowest BCUT2D eigenvalue weighted by Gasteiger charge is -2.14. The van der Waals surface area contributed by atoms with E-state index in [2.05, 4.69) is 40.1 Å². The Labute approximate surface area is 132 Å². The van der Waals surface area contributed by atoms with Crippen LogP contribution in [0.15, 0.2) is 41.0 Å². The van der Waals surface area contributed by atoms with E-state index in [9.17, 15) is 4.39 Å². The van der Waals surface area contributed by atoms with Crippen LogP contribution in [0.3, 0.4) is 0 Å². The lowest BCUT2D eigenvalue weighted by atomic mass is 10.1. The average Bonchev–Trinajstić information content (AvgIpc) is 2.49. The highest BCUT2D eigenvalue weighted by molar-refractivity contribution is 9.10. The summed E-state index contributed by atoms with van der Waals surface area (Å²) >= 11 is 3.14. The predicted molar refractivity (Wildman–Crippen MR) is 85.1 cm³/mol. The first-order valence-corrected chi connectivity index (χ1v) is 7.71. The van der Waals surface area contributed by atoms with Crippen LogP contribution in [0.25, 0.3) is 0 Å². The molecular formula is C16H18BrFN2O. The van der Waals surface area contributed by atoms with Crippen molar-refractivity contribution in [3.63, 3.8) is 0 Å². The van der Waals surface area contributed by atoms with Crippen LogP contribution >= 0.6 is 15.9 Å². The first kappa shape index (κ1) is 15.9. The third-order valence-electron chi connectivity index (χ3n) is 3.07. The standard InChI is InChI=1S/C16H18BrFN2O/c1-3-7-19-11(2)12-6-8-20-16(9-12)21-13-4-5-15(18)14(17)10-13/h4-6,8-11,19H,3,7H2,1-2H3. The van der Waals surface area contributed by atoms with Crippen molar-refractivity contribution in [3.8, 4) is 11.6 Å². The molecule has 0 amide bonds. The van der Waals surface area contributed by atoms with Gasteiger partial charge in [0.2, 0.25) is 5.88 Å². The summed E-state index contributed by atoms with van der Waals surface area (Å²) in [5, 5.41) is 3.42. The van der Waals surface area contributed by atoms with Crippen molar-refractivity contribution in [2.75, 3.05) is 6.54 Å². The van der Waals surface area contributed by atoms with Gasteiger partial charge in [0.25, 0.3) is 0 Å². The van der Waals surface area contributed by atoms with Crippen molar-refractivity contribution in [1.29, 1.82) is 0 Å².